The molecule has 0 fully saturated rings. The fourth-order valence-electron chi connectivity index (χ4n) is 3.07. The maximum atomic E-state index is 12.4. The molecule has 8 nitrogen and oxygen atoms in total. The van der Waals surface area contributed by atoms with Gasteiger partial charge in [-0.3, -0.25) is 9.59 Å². The lowest BCUT2D eigenvalue weighted by Crippen LogP contribution is -2.38. The van der Waals surface area contributed by atoms with Crippen LogP contribution in [0, 0.1) is 5.92 Å². The molecule has 8 heteroatoms. The van der Waals surface area contributed by atoms with Gasteiger partial charge in [-0.15, -0.1) is 0 Å². The highest BCUT2D eigenvalue weighted by atomic mass is 16.5. The molecule has 24 heavy (non-hydrogen) atoms. The Morgan fingerprint density at radius 2 is 1.92 bits per heavy atom. The highest BCUT2D eigenvalue weighted by Gasteiger charge is 2.40. The van der Waals surface area contributed by atoms with E-state index < -0.39 is 35.9 Å². The van der Waals surface area contributed by atoms with Gasteiger partial charge >= 0.3 is 11.9 Å². The first-order valence-corrected chi connectivity index (χ1v) is 7.53. The van der Waals surface area contributed by atoms with E-state index in [0.717, 1.165) is 0 Å². The van der Waals surface area contributed by atoms with E-state index in [4.69, 9.17) is 14.9 Å². The summed E-state index contributed by atoms with van der Waals surface area (Å²) in [6.07, 6.45) is -0.389. The van der Waals surface area contributed by atoms with Gasteiger partial charge in [-0.05, 0) is 19.9 Å². The Hall–Kier alpha value is -2.77. The van der Waals surface area contributed by atoms with Crippen molar-refractivity contribution in [3.05, 3.63) is 22.8 Å². The Morgan fingerprint density at radius 3 is 2.50 bits per heavy atom. The summed E-state index contributed by atoms with van der Waals surface area (Å²) < 4.78 is 5.60. The van der Waals surface area contributed by atoms with Crippen LogP contribution < -0.4 is 4.74 Å². The van der Waals surface area contributed by atoms with Crippen LogP contribution >= 0.6 is 0 Å². The molecule has 0 saturated carbocycles. The first-order valence-electron chi connectivity index (χ1n) is 7.53. The largest absolute Gasteiger partial charge is 0.507 e. The SMILES string of the molecule is CC(C(=O)O)N1Cc2c(cc3c(c2O)C[C@@H]([C@@H](C)C(=O)O)O3)C1=O. The number of rotatable bonds is 4. The Labute approximate surface area is 137 Å². The lowest BCUT2D eigenvalue weighted by Gasteiger charge is -2.20. The normalized spacial score (nSPS) is 21.0. The molecule has 1 unspecified atom stereocenters. The average Bonchev–Trinajstić information content (AvgIpc) is 3.09. The molecule has 3 N–H and O–H groups in total. The van der Waals surface area contributed by atoms with Gasteiger partial charge in [0.25, 0.3) is 5.91 Å². The predicted molar refractivity (Wildman–Crippen MR) is 80.0 cm³/mol. The zero-order chi connectivity index (χ0) is 17.8. The van der Waals surface area contributed by atoms with E-state index >= 15 is 0 Å². The number of nitrogens with zero attached hydrogens (tertiary/aromatic N) is 1. The Morgan fingerprint density at radius 1 is 1.25 bits per heavy atom. The number of phenolic OH excluding ortho intramolecular Hbond substituents is 1. The number of carbonyl (C=O) groups is 3. The van der Waals surface area contributed by atoms with Crippen LogP contribution in [0.2, 0.25) is 0 Å². The van der Waals surface area contributed by atoms with E-state index in [1.165, 1.54) is 24.8 Å². The van der Waals surface area contributed by atoms with Gasteiger partial charge in [0, 0.05) is 17.5 Å². The van der Waals surface area contributed by atoms with E-state index in [1.54, 1.807) is 0 Å². The topological polar surface area (TPSA) is 124 Å². The summed E-state index contributed by atoms with van der Waals surface area (Å²) >= 11 is 0. The monoisotopic (exact) mass is 335 g/mol. The number of amides is 1. The molecule has 2 heterocycles. The van der Waals surface area contributed by atoms with Gasteiger partial charge in [0.15, 0.2) is 0 Å². The number of carbonyl (C=O) groups excluding carboxylic acids is 1. The molecule has 1 aromatic carbocycles. The highest BCUT2D eigenvalue weighted by molar-refractivity contribution is 6.01. The van der Waals surface area contributed by atoms with Crippen LogP contribution in [0.3, 0.4) is 0 Å². The smallest absolute Gasteiger partial charge is 0.326 e. The molecule has 0 bridgehead atoms. The van der Waals surface area contributed by atoms with Crippen LogP contribution in [0.15, 0.2) is 6.07 Å². The zero-order valence-electron chi connectivity index (χ0n) is 13.1. The molecule has 128 valence electrons. The Balaban J connectivity index is 1.94. The number of aliphatic carboxylic acids is 2. The molecule has 2 aliphatic rings. The van der Waals surface area contributed by atoms with Crippen molar-refractivity contribution in [2.45, 2.75) is 39.0 Å². The van der Waals surface area contributed by atoms with Gasteiger partial charge < -0.3 is 25.0 Å². The molecule has 1 amide bonds. The van der Waals surface area contributed by atoms with Crippen molar-refractivity contribution in [3.8, 4) is 11.5 Å². The summed E-state index contributed by atoms with van der Waals surface area (Å²) in [5.41, 5.74) is 1.02. The summed E-state index contributed by atoms with van der Waals surface area (Å²) in [6, 6.07) is 0.454. The van der Waals surface area contributed by atoms with Crippen molar-refractivity contribution in [1.29, 1.82) is 0 Å². The number of ether oxygens (including phenoxy) is 1. The molecule has 1 aromatic rings. The minimum absolute atomic E-state index is 0.000102. The second-order valence-corrected chi connectivity index (χ2v) is 6.16. The van der Waals surface area contributed by atoms with E-state index in [-0.39, 0.29) is 30.0 Å². The summed E-state index contributed by atoms with van der Waals surface area (Å²) in [4.78, 5) is 35.8. The molecular weight excluding hydrogens is 318 g/mol. The van der Waals surface area contributed by atoms with E-state index in [1.807, 2.05) is 0 Å². The number of benzene rings is 1. The first kappa shape index (κ1) is 16.1. The zero-order valence-corrected chi connectivity index (χ0v) is 13.1. The van der Waals surface area contributed by atoms with Crippen molar-refractivity contribution >= 4 is 17.8 Å². The fourth-order valence-corrected chi connectivity index (χ4v) is 3.07. The third kappa shape index (κ3) is 2.26. The molecule has 3 rings (SSSR count). The minimum atomic E-state index is -1.13. The van der Waals surface area contributed by atoms with Gasteiger partial charge in [0.05, 0.1) is 18.0 Å². The number of phenols is 1. The molecule has 0 aromatic heterocycles. The summed E-state index contributed by atoms with van der Waals surface area (Å²) in [5.74, 6) is -3.21. The van der Waals surface area contributed by atoms with Crippen molar-refractivity contribution in [3.63, 3.8) is 0 Å². The fraction of sp³-hybridized carbons (Fsp3) is 0.438. The Bertz CT molecular complexity index is 757. The van der Waals surface area contributed by atoms with Gasteiger partial charge in [0.1, 0.15) is 23.6 Å². The van der Waals surface area contributed by atoms with Crippen LogP contribution in [-0.4, -0.2) is 50.2 Å². The molecule has 0 radical (unpaired) electrons. The second-order valence-electron chi connectivity index (χ2n) is 6.16. The molecule has 2 aliphatic heterocycles. The average molecular weight is 335 g/mol. The quantitative estimate of drug-likeness (QED) is 0.745. The summed E-state index contributed by atoms with van der Waals surface area (Å²) in [7, 11) is 0. The van der Waals surface area contributed by atoms with Crippen LogP contribution in [0.1, 0.15) is 35.3 Å². The van der Waals surface area contributed by atoms with Crippen LogP contribution in [0.4, 0.5) is 0 Å². The van der Waals surface area contributed by atoms with E-state index in [0.29, 0.717) is 11.1 Å². The lowest BCUT2D eigenvalue weighted by molar-refractivity contribution is -0.144. The molecule has 0 saturated heterocycles. The predicted octanol–water partition coefficient (Wildman–Crippen LogP) is 0.845. The number of carboxylic acids is 2. The number of hydrogen-bond donors (Lipinski definition) is 3. The third-order valence-corrected chi connectivity index (χ3v) is 4.75. The lowest BCUT2D eigenvalue weighted by atomic mass is 9.97. The highest BCUT2D eigenvalue weighted by Crippen LogP contribution is 2.44. The molecule has 0 spiro atoms. The number of aromatic hydroxyl groups is 1. The van der Waals surface area contributed by atoms with E-state index in [2.05, 4.69) is 0 Å². The Kier molecular flexibility index (Phi) is 3.62. The molecule has 3 atom stereocenters. The van der Waals surface area contributed by atoms with Gasteiger partial charge in [-0.1, -0.05) is 0 Å². The number of hydrogen-bond acceptors (Lipinski definition) is 5. The third-order valence-electron chi connectivity index (χ3n) is 4.75. The molecule has 0 aliphatic carbocycles. The van der Waals surface area contributed by atoms with Gasteiger partial charge in [0.2, 0.25) is 0 Å². The number of fused-ring (bicyclic) bond motifs is 2. The standard InChI is InChI=1S/C16H17NO7/c1-6(15(20)21)11-4-9-12(24-11)3-8-10(13(9)18)5-17(14(8)19)7(2)16(22)23/h3,6-7,11,18H,4-5H2,1-2H3,(H,20,21)(H,22,23)/t6-,7?,11+/m1/s1. The maximum Gasteiger partial charge on any atom is 0.326 e. The van der Waals surface area contributed by atoms with Gasteiger partial charge in [-0.2, -0.15) is 0 Å². The van der Waals surface area contributed by atoms with Crippen LogP contribution in [0.25, 0.3) is 0 Å². The minimum Gasteiger partial charge on any atom is -0.507 e. The van der Waals surface area contributed by atoms with Crippen molar-refractivity contribution in [2.24, 2.45) is 5.92 Å². The van der Waals surface area contributed by atoms with Crippen LogP contribution in [-0.2, 0) is 22.6 Å². The number of carboxylic acid groups (broad SMARTS) is 2. The first-order chi connectivity index (χ1) is 11.2. The van der Waals surface area contributed by atoms with Gasteiger partial charge in [-0.25, -0.2) is 4.79 Å². The summed E-state index contributed by atoms with van der Waals surface area (Å²) in [5, 5.41) is 28.6. The second kappa shape index (κ2) is 5.40. The van der Waals surface area contributed by atoms with E-state index in [9.17, 15) is 19.5 Å². The summed E-state index contributed by atoms with van der Waals surface area (Å²) in [6.45, 7) is 2.92. The maximum absolute atomic E-state index is 12.4. The van der Waals surface area contributed by atoms with Crippen molar-refractivity contribution in [1.82, 2.24) is 4.90 Å². The van der Waals surface area contributed by atoms with Crippen LogP contribution in [0.5, 0.6) is 11.5 Å². The van der Waals surface area contributed by atoms with Crippen molar-refractivity contribution in [2.75, 3.05) is 0 Å². The molecular formula is C16H17NO7. The van der Waals surface area contributed by atoms with Crippen molar-refractivity contribution < 1.29 is 34.4 Å².